The van der Waals surface area contributed by atoms with E-state index in [0.29, 0.717) is 22.3 Å². The van der Waals surface area contributed by atoms with Crippen molar-refractivity contribution in [3.63, 3.8) is 0 Å². The van der Waals surface area contributed by atoms with Crippen LogP contribution in [0, 0.1) is 0 Å². The minimum Gasteiger partial charge on any atom is -0.496 e. The number of aromatic nitrogens is 1. The van der Waals surface area contributed by atoms with Crippen LogP contribution in [0.2, 0.25) is 5.02 Å². The van der Waals surface area contributed by atoms with Gasteiger partial charge in [-0.3, -0.25) is 4.79 Å². The summed E-state index contributed by atoms with van der Waals surface area (Å²) in [6.07, 6.45) is 2.47. The molecule has 0 spiro atoms. The molecule has 1 amide bonds. The Morgan fingerprint density at radius 2 is 2.22 bits per heavy atom. The fourth-order valence-corrected chi connectivity index (χ4v) is 3.29. The van der Waals surface area contributed by atoms with Crippen molar-refractivity contribution in [3.8, 4) is 5.75 Å². The normalized spacial score (nSPS) is 17.3. The molecule has 5 nitrogen and oxygen atoms in total. The number of benzene rings is 1. The summed E-state index contributed by atoms with van der Waals surface area (Å²) >= 11 is 6.27. The molecule has 0 saturated carbocycles. The zero-order valence-corrected chi connectivity index (χ0v) is 13.6. The summed E-state index contributed by atoms with van der Waals surface area (Å²) in [5.74, 6) is 1.43. The zero-order chi connectivity index (χ0) is 16.4. The molecule has 23 heavy (non-hydrogen) atoms. The molecule has 6 heteroatoms. The van der Waals surface area contributed by atoms with Gasteiger partial charge in [0, 0.05) is 25.2 Å². The molecule has 2 heterocycles. The molecular weight excluding hydrogens is 314 g/mol. The van der Waals surface area contributed by atoms with Crippen molar-refractivity contribution in [2.45, 2.75) is 12.3 Å². The highest BCUT2D eigenvalue weighted by atomic mass is 35.5. The van der Waals surface area contributed by atoms with Gasteiger partial charge in [-0.1, -0.05) is 29.8 Å². The van der Waals surface area contributed by atoms with E-state index in [2.05, 4.69) is 16.0 Å². The Morgan fingerprint density at radius 1 is 1.43 bits per heavy atom. The van der Waals surface area contributed by atoms with E-state index in [0.717, 1.165) is 25.3 Å². The van der Waals surface area contributed by atoms with E-state index >= 15 is 0 Å². The predicted octanol–water partition coefficient (Wildman–Crippen LogP) is 2.84. The molecule has 0 radical (unpaired) electrons. The number of nitrogens with two attached hydrogens (primary N) is 1. The second-order valence-corrected chi connectivity index (χ2v) is 5.97. The maximum Gasteiger partial charge on any atom is 0.250 e. The molecule has 1 aliphatic heterocycles. The van der Waals surface area contributed by atoms with E-state index < -0.39 is 5.91 Å². The van der Waals surface area contributed by atoms with Gasteiger partial charge in [0.05, 0.1) is 17.7 Å². The lowest BCUT2D eigenvalue weighted by Crippen LogP contribution is -2.21. The molecule has 2 aromatic rings. The fraction of sp³-hybridized carbons (Fsp3) is 0.294. The highest BCUT2D eigenvalue weighted by molar-refractivity contribution is 6.33. The minimum atomic E-state index is -0.528. The first-order valence-electron chi connectivity index (χ1n) is 7.43. The summed E-state index contributed by atoms with van der Waals surface area (Å²) in [7, 11) is 1.69. The molecule has 1 saturated heterocycles. The van der Waals surface area contributed by atoms with Gasteiger partial charge >= 0.3 is 0 Å². The van der Waals surface area contributed by atoms with Crippen LogP contribution in [-0.4, -0.2) is 31.1 Å². The average Bonchev–Trinajstić information content (AvgIpc) is 3.04. The van der Waals surface area contributed by atoms with Gasteiger partial charge in [0.2, 0.25) is 5.91 Å². The Bertz CT molecular complexity index is 736. The maximum atomic E-state index is 11.2. The second-order valence-electron chi connectivity index (χ2n) is 5.57. The van der Waals surface area contributed by atoms with Crippen molar-refractivity contribution in [1.29, 1.82) is 0 Å². The number of hydrogen-bond acceptors (Lipinski definition) is 4. The van der Waals surface area contributed by atoms with E-state index in [4.69, 9.17) is 22.1 Å². The van der Waals surface area contributed by atoms with Crippen LogP contribution in [0.3, 0.4) is 0 Å². The number of carbonyl (C=O) groups is 1. The summed E-state index contributed by atoms with van der Waals surface area (Å²) in [5, 5.41) is 0.446. The molecule has 120 valence electrons. The van der Waals surface area contributed by atoms with Gasteiger partial charge < -0.3 is 15.4 Å². The Labute approximate surface area is 140 Å². The molecule has 1 aliphatic rings. The Hall–Kier alpha value is -2.27. The number of halogens is 1. The van der Waals surface area contributed by atoms with E-state index in [-0.39, 0.29) is 0 Å². The number of rotatable bonds is 4. The number of nitrogens with zero attached hydrogens (tertiary/aromatic N) is 2. The molecule has 3 rings (SSSR count). The molecule has 1 aromatic heterocycles. The number of amides is 1. The topological polar surface area (TPSA) is 68.4 Å². The second kappa shape index (κ2) is 6.46. The van der Waals surface area contributed by atoms with Crippen LogP contribution in [0.4, 0.5) is 5.82 Å². The van der Waals surface area contributed by atoms with E-state index in [1.807, 2.05) is 18.2 Å². The number of pyridine rings is 1. The number of hydrogen-bond donors (Lipinski definition) is 1. The Morgan fingerprint density at radius 3 is 2.91 bits per heavy atom. The van der Waals surface area contributed by atoms with Crippen LogP contribution in [0.15, 0.2) is 36.5 Å². The smallest absolute Gasteiger partial charge is 0.250 e. The van der Waals surface area contributed by atoms with Gasteiger partial charge in [0.25, 0.3) is 0 Å². The van der Waals surface area contributed by atoms with Crippen molar-refractivity contribution in [1.82, 2.24) is 4.98 Å². The van der Waals surface area contributed by atoms with Crippen molar-refractivity contribution in [3.05, 3.63) is 52.7 Å². The number of ether oxygens (including phenoxy) is 1. The number of primary amides is 1. The summed E-state index contributed by atoms with van der Waals surface area (Å²) in [5.41, 5.74) is 6.77. The average molecular weight is 332 g/mol. The van der Waals surface area contributed by atoms with Crippen molar-refractivity contribution >= 4 is 23.3 Å². The summed E-state index contributed by atoms with van der Waals surface area (Å²) in [6, 6.07) is 9.63. The lowest BCUT2D eigenvalue weighted by molar-refractivity contribution is 0.1000. The SMILES string of the molecule is COc1ccccc1C1CCN(c2ncc(C(N)=O)cc2Cl)C1. The number of para-hydroxylation sites is 1. The standard InChI is InChI=1S/C17H18ClN3O2/c1-23-15-5-3-2-4-13(15)11-6-7-21(10-11)17-14(18)8-12(9-20-17)16(19)22/h2-5,8-9,11H,6-7,10H2,1H3,(H2,19,22). The van der Waals surface area contributed by atoms with Crippen LogP contribution in [0.25, 0.3) is 0 Å². The predicted molar refractivity (Wildman–Crippen MR) is 90.3 cm³/mol. The maximum absolute atomic E-state index is 11.2. The first kappa shape index (κ1) is 15.6. The van der Waals surface area contributed by atoms with Crippen molar-refractivity contribution in [2.24, 2.45) is 5.73 Å². The monoisotopic (exact) mass is 331 g/mol. The van der Waals surface area contributed by atoms with Crippen LogP contribution in [0.1, 0.15) is 28.3 Å². The number of methoxy groups -OCH3 is 1. The number of anilines is 1. The van der Waals surface area contributed by atoms with Gasteiger partial charge in [-0.15, -0.1) is 0 Å². The lowest BCUT2D eigenvalue weighted by atomic mass is 9.97. The third-order valence-electron chi connectivity index (χ3n) is 4.17. The molecule has 1 atom stereocenters. The number of carbonyl (C=O) groups excluding carboxylic acids is 1. The van der Waals surface area contributed by atoms with Gasteiger partial charge in [0.15, 0.2) is 0 Å². The van der Waals surface area contributed by atoms with Gasteiger partial charge in [-0.2, -0.15) is 0 Å². The van der Waals surface area contributed by atoms with Gasteiger partial charge in [-0.25, -0.2) is 4.98 Å². The van der Waals surface area contributed by atoms with Crippen LogP contribution < -0.4 is 15.4 Å². The lowest BCUT2D eigenvalue weighted by Gasteiger charge is -2.20. The first-order chi connectivity index (χ1) is 11.1. The zero-order valence-electron chi connectivity index (χ0n) is 12.8. The molecule has 2 N–H and O–H groups in total. The highest BCUT2D eigenvalue weighted by Crippen LogP contribution is 2.36. The minimum absolute atomic E-state index is 0.319. The van der Waals surface area contributed by atoms with E-state index in [1.54, 1.807) is 13.2 Å². The van der Waals surface area contributed by atoms with Crippen LogP contribution in [-0.2, 0) is 0 Å². The largest absolute Gasteiger partial charge is 0.496 e. The molecule has 1 fully saturated rings. The summed E-state index contributed by atoms with van der Waals surface area (Å²) in [6.45, 7) is 1.66. The van der Waals surface area contributed by atoms with Crippen LogP contribution >= 0.6 is 11.6 Å². The molecular formula is C17H18ClN3O2. The molecule has 0 aliphatic carbocycles. The Balaban J connectivity index is 1.81. The third-order valence-corrected chi connectivity index (χ3v) is 4.45. The Kier molecular flexibility index (Phi) is 4.39. The molecule has 0 bridgehead atoms. The van der Waals surface area contributed by atoms with Crippen molar-refractivity contribution < 1.29 is 9.53 Å². The summed E-state index contributed by atoms with van der Waals surface area (Å²) < 4.78 is 5.45. The molecule has 1 aromatic carbocycles. The quantitative estimate of drug-likeness (QED) is 0.935. The molecule has 1 unspecified atom stereocenters. The van der Waals surface area contributed by atoms with E-state index in [1.165, 1.54) is 11.8 Å². The van der Waals surface area contributed by atoms with Gasteiger partial charge in [-0.05, 0) is 24.1 Å². The van der Waals surface area contributed by atoms with Crippen molar-refractivity contribution in [2.75, 3.05) is 25.1 Å². The first-order valence-corrected chi connectivity index (χ1v) is 7.81. The van der Waals surface area contributed by atoms with Crippen LogP contribution in [0.5, 0.6) is 5.75 Å². The van der Waals surface area contributed by atoms with Gasteiger partial charge in [0.1, 0.15) is 11.6 Å². The summed E-state index contributed by atoms with van der Waals surface area (Å²) in [4.78, 5) is 17.6. The van der Waals surface area contributed by atoms with E-state index in [9.17, 15) is 4.79 Å². The fourth-order valence-electron chi connectivity index (χ4n) is 3.01. The highest BCUT2D eigenvalue weighted by Gasteiger charge is 2.28. The third kappa shape index (κ3) is 3.10.